The molecule has 14 heteroatoms. The van der Waals surface area contributed by atoms with E-state index in [9.17, 15) is 28.2 Å². The van der Waals surface area contributed by atoms with Gasteiger partial charge in [0.2, 0.25) is 17.6 Å². The number of rotatable bonds is 15. The maximum Gasteiger partial charge on any atom is 0.315 e. The topological polar surface area (TPSA) is 157 Å². The van der Waals surface area contributed by atoms with Crippen LogP contribution in [0, 0.1) is 22.7 Å². The number of carbonyl (C=O) groups is 5. The smallest absolute Gasteiger partial charge is 0.315 e. The van der Waals surface area contributed by atoms with Gasteiger partial charge in [-0.1, -0.05) is 81.2 Å². The number of fused-ring (bicyclic) bond motifs is 1. The number of hydrogen-bond donors (Lipinski definition) is 4. The monoisotopic (exact) mass is 748 g/mol. The summed E-state index contributed by atoms with van der Waals surface area (Å²) >= 11 is 1.54. The highest BCUT2D eigenvalue weighted by Gasteiger charge is 2.46. The van der Waals surface area contributed by atoms with Crippen molar-refractivity contribution in [2.45, 2.75) is 124 Å². The second kappa shape index (κ2) is 17.1. The van der Waals surface area contributed by atoms with Crippen LogP contribution in [0.5, 0.6) is 0 Å². The van der Waals surface area contributed by atoms with E-state index in [-0.39, 0.29) is 24.8 Å². The summed E-state index contributed by atoms with van der Waals surface area (Å²) in [4.78, 5) is 71.1. The molecule has 12 nitrogen and oxygen atoms in total. The van der Waals surface area contributed by atoms with E-state index in [0.29, 0.717) is 32.5 Å². The van der Waals surface area contributed by atoms with Gasteiger partial charge in [0.05, 0.1) is 20.6 Å². The van der Waals surface area contributed by atoms with Crippen LogP contribution in [0.25, 0.3) is 0 Å². The van der Waals surface area contributed by atoms with E-state index in [1.54, 1.807) is 0 Å². The highest BCUT2D eigenvalue weighted by molar-refractivity contribution is 7.98. The zero-order valence-electron chi connectivity index (χ0n) is 31.9. The normalized spacial score (nSPS) is 22.5. The lowest BCUT2D eigenvalue weighted by atomic mass is 9.85. The third kappa shape index (κ3) is 10.4. The van der Waals surface area contributed by atoms with Crippen LogP contribution in [0.3, 0.4) is 0 Å². The van der Waals surface area contributed by atoms with Gasteiger partial charge in [0.1, 0.15) is 12.1 Å². The Balaban J connectivity index is 1.83. The predicted molar refractivity (Wildman–Crippen MR) is 205 cm³/mol. The Morgan fingerprint density at radius 1 is 1.06 bits per heavy atom. The Hall–Kier alpha value is -3.23. The van der Waals surface area contributed by atoms with Gasteiger partial charge in [0.15, 0.2) is 0 Å². The fourth-order valence-corrected chi connectivity index (χ4v) is 9.59. The third-order valence-electron chi connectivity index (χ3n) is 9.88. The number of likely N-dealkylation sites (tertiary alicyclic amines) is 1. The molecule has 6 atom stereocenters. The number of thiophene rings is 1. The number of carbonyl (C=O) groups excluding carboxylic acids is 5. The summed E-state index contributed by atoms with van der Waals surface area (Å²) in [6, 6.07) is -2.08. The van der Waals surface area contributed by atoms with Gasteiger partial charge in [-0.15, -0.1) is 17.9 Å². The number of nitrogens with zero attached hydrogens (tertiary/aromatic N) is 2. The molecular formula is C37H60N6O6S2. The quantitative estimate of drug-likeness (QED) is 0.120. The van der Waals surface area contributed by atoms with Crippen LogP contribution in [0.2, 0.25) is 0 Å². The summed E-state index contributed by atoms with van der Waals surface area (Å²) in [5.74, 6) is 1.76. The van der Waals surface area contributed by atoms with Crippen LogP contribution < -0.4 is 21.3 Å². The van der Waals surface area contributed by atoms with E-state index in [2.05, 4.69) is 33.7 Å². The van der Waals surface area contributed by atoms with E-state index in [1.165, 1.54) is 22.3 Å². The first-order chi connectivity index (χ1) is 23.6. The second-order valence-corrected chi connectivity index (χ2v) is 19.6. The lowest BCUT2D eigenvalue weighted by molar-refractivity contribution is -0.143. The Morgan fingerprint density at radius 3 is 2.27 bits per heavy atom. The fraction of sp³-hybridized carbons (Fsp3) is 0.676. The third-order valence-corrected chi connectivity index (χ3v) is 13.1. The van der Waals surface area contributed by atoms with Crippen molar-refractivity contribution in [2.24, 2.45) is 22.7 Å². The summed E-state index contributed by atoms with van der Waals surface area (Å²) in [6.45, 7) is 22.3. The molecule has 2 unspecified atom stereocenters. The Labute approximate surface area is 309 Å². The molecule has 1 saturated heterocycles. The molecule has 51 heavy (non-hydrogen) atoms. The number of Topliss-reactive ketones (excluding diaryl/α,β-unsaturated/α-hetero) is 1. The fourth-order valence-electron chi connectivity index (χ4n) is 6.40. The van der Waals surface area contributed by atoms with Crippen molar-refractivity contribution >= 4 is 56.5 Å². The minimum Gasteiger partial charge on any atom is -0.346 e. The first-order valence-corrected chi connectivity index (χ1v) is 20.5. The van der Waals surface area contributed by atoms with Crippen molar-refractivity contribution in [2.75, 3.05) is 19.6 Å². The Kier molecular flexibility index (Phi) is 14.1. The molecule has 0 spiro atoms. The van der Waals surface area contributed by atoms with Crippen molar-refractivity contribution in [3.05, 3.63) is 29.0 Å². The first-order valence-electron chi connectivity index (χ1n) is 17.9. The highest BCUT2D eigenvalue weighted by Crippen LogP contribution is 2.36. The minimum absolute atomic E-state index is 0.00585. The number of amides is 5. The zero-order chi connectivity index (χ0) is 38.5. The van der Waals surface area contributed by atoms with Crippen molar-refractivity contribution in [1.29, 1.82) is 0 Å². The molecule has 1 fully saturated rings. The summed E-state index contributed by atoms with van der Waals surface area (Å²) < 4.78 is 15.5. The Morgan fingerprint density at radius 2 is 1.73 bits per heavy atom. The van der Waals surface area contributed by atoms with Crippen LogP contribution in [0.4, 0.5) is 4.79 Å². The predicted octanol–water partition coefficient (Wildman–Crippen LogP) is 4.10. The lowest BCUT2D eigenvalue weighted by Crippen LogP contribution is -2.61. The summed E-state index contributed by atoms with van der Waals surface area (Å²) in [5.41, 5.74) is -1.17. The van der Waals surface area contributed by atoms with E-state index in [4.69, 9.17) is 0 Å². The SMILES string of the molecule is C=CCNC(=O)C(=O)C(CCCC)NC(=O)[C@@H]1C[C@@H](C(C)C)CN1C(=O)[C@@H](NC(=O)N[C@H](CN1Cc2sccc2S1(=C)=O)C(C)(C)C)C(C)(C)C. The summed E-state index contributed by atoms with van der Waals surface area (Å²) in [7, 11) is -2.69. The molecule has 3 rings (SSSR count). The lowest BCUT2D eigenvalue weighted by Gasteiger charge is -2.38. The van der Waals surface area contributed by atoms with Gasteiger partial charge >= 0.3 is 6.03 Å². The van der Waals surface area contributed by atoms with Crippen LogP contribution in [-0.2, 0) is 35.4 Å². The molecule has 0 aromatic carbocycles. The molecule has 2 aliphatic rings. The van der Waals surface area contributed by atoms with Gasteiger partial charge in [-0.05, 0) is 52.8 Å². The van der Waals surface area contributed by atoms with Crippen LogP contribution in [0.15, 0.2) is 29.0 Å². The van der Waals surface area contributed by atoms with E-state index < -0.39 is 74.2 Å². The first kappa shape index (κ1) is 42.2. The number of hydrogen-bond acceptors (Lipinski definition) is 7. The van der Waals surface area contributed by atoms with Crippen LogP contribution >= 0.6 is 11.3 Å². The van der Waals surface area contributed by atoms with Gasteiger partial charge in [0.25, 0.3) is 5.91 Å². The number of ketones is 1. The van der Waals surface area contributed by atoms with Crippen molar-refractivity contribution < 1.29 is 28.2 Å². The van der Waals surface area contributed by atoms with Gasteiger partial charge < -0.3 is 26.2 Å². The standard InChI is InChI=1S/C37H60N6O6S2/c1-12-14-15-25(30(44)33(46)38-17-13-2)39-32(45)26-19-24(23(3)4)20-43(26)34(47)31(37(8,9)10)41-35(48)40-29(36(5,6)7)22-42-21-27-28(16-18-50-27)51(42,11)49/h13,16,18,23-26,29,31H,2,11-12,14-15,17,19-22H2,1,3-10H3,(H,38,46)(H,39,45)(H2,40,41,48)/t24-,25?,26+,29-,31-,51?/m1/s1. The van der Waals surface area contributed by atoms with Gasteiger partial charge in [-0.25, -0.2) is 13.3 Å². The molecule has 0 aliphatic carbocycles. The second-order valence-electron chi connectivity index (χ2n) is 16.3. The number of nitrogens with one attached hydrogen (secondary N) is 4. The largest absolute Gasteiger partial charge is 0.346 e. The van der Waals surface area contributed by atoms with Gasteiger partial charge in [-0.3, -0.25) is 19.2 Å². The maximum absolute atomic E-state index is 14.5. The molecule has 3 heterocycles. The number of urea groups is 1. The summed E-state index contributed by atoms with van der Waals surface area (Å²) in [5, 5.41) is 13.2. The van der Waals surface area contributed by atoms with E-state index >= 15 is 0 Å². The van der Waals surface area contributed by atoms with Crippen LogP contribution in [-0.4, -0.2) is 92.6 Å². The van der Waals surface area contributed by atoms with E-state index in [1.807, 2.05) is 78.1 Å². The highest BCUT2D eigenvalue weighted by atomic mass is 32.2. The van der Waals surface area contributed by atoms with Crippen molar-refractivity contribution in [3.8, 4) is 0 Å². The average Bonchev–Trinajstić information content (AvgIpc) is 3.75. The zero-order valence-corrected chi connectivity index (χ0v) is 33.6. The molecule has 0 saturated carbocycles. The van der Waals surface area contributed by atoms with E-state index in [0.717, 1.165) is 16.2 Å². The molecule has 286 valence electrons. The minimum atomic E-state index is -2.69. The average molecular weight is 749 g/mol. The molecule has 0 bridgehead atoms. The van der Waals surface area contributed by atoms with Crippen molar-refractivity contribution in [3.63, 3.8) is 0 Å². The summed E-state index contributed by atoms with van der Waals surface area (Å²) in [6.07, 6.45) is 3.51. The Bertz CT molecular complexity index is 1560. The molecule has 4 N–H and O–H groups in total. The van der Waals surface area contributed by atoms with Gasteiger partial charge in [0, 0.05) is 37.1 Å². The molecule has 2 aliphatic heterocycles. The molecule has 1 aromatic rings. The van der Waals surface area contributed by atoms with Gasteiger partial charge in [-0.2, -0.15) is 0 Å². The molecular weight excluding hydrogens is 689 g/mol. The number of unbranched alkanes of at least 4 members (excludes halogenated alkanes) is 1. The maximum atomic E-state index is 14.5. The molecule has 0 radical (unpaired) electrons. The molecule has 1 aromatic heterocycles. The van der Waals surface area contributed by atoms with Crippen LogP contribution in [0.1, 0.15) is 92.9 Å². The molecule has 5 amide bonds. The van der Waals surface area contributed by atoms with Crippen molar-refractivity contribution in [1.82, 2.24) is 30.5 Å².